The van der Waals surface area contributed by atoms with Gasteiger partial charge in [0.25, 0.3) is 0 Å². The van der Waals surface area contributed by atoms with Gasteiger partial charge in [-0.15, -0.1) is 0 Å². The number of rotatable bonds is 5. The molecule has 0 saturated heterocycles. The molecule has 2 aliphatic heterocycles. The van der Waals surface area contributed by atoms with Crippen molar-refractivity contribution in [3.8, 4) is 46.0 Å². The maximum atomic E-state index is 13.8. The SMILES string of the molecule is CC(C)=CCc1c2c(c(O)c3c1O[C@@H](c1ccc(O)cc1)[C@H]3c1cc(O)cc(O)c1)C(=O)C[C@@H](c1ccc(O)cc1O)O2. The van der Waals surface area contributed by atoms with Gasteiger partial charge in [-0.05, 0) is 67.8 Å². The number of benzene rings is 4. The molecule has 43 heavy (non-hydrogen) atoms. The van der Waals surface area contributed by atoms with Crippen molar-refractivity contribution in [3.05, 3.63) is 106 Å². The summed E-state index contributed by atoms with van der Waals surface area (Å²) in [5, 5.41) is 62.8. The minimum Gasteiger partial charge on any atom is -0.508 e. The maximum Gasteiger partial charge on any atom is 0.174 e. The van der Waals surface area contributed by atoms with Crippen LogP contribution in [0.25, 0.3) is 0 Å². The Morgan fingerprint density at radius 1 is 0.791 bits per heavy atom. The van der Waals surface area contributed by atoms with E-state index in [2.05, 4.69) is 0 Å². The Morgan fingerprint density at radius 3 is 2.12 bits per heavy atom. The number of hydrogen-bond donors (Lipinski definition) is 6. The van der Waals surface area contributed by atoms with E-state index < -0.39 is 23.9 Å². The molecule has 0 saturated carbocycles. The molecule has 6 rings (SSSR count). The van der Waals surface area contributed by atoms with Crippen LogP contribution in [-0.2, 0) is 6.42 Å². The van der Waals surface area contributed by atoms with Gasteiger partial charge in [0.1, 0.15) is 63.8 Å². The molecule has 3 atom stereocenters. The lowest BCUT2D eigenvalue weighted by molar-refractivity contribution is 0.0839. The molecular formula is C34H30O9. The standard InChI is InChI=1S/C34H30O9/c1-16(2)3-9-24-33-29(26(40)15-27(42-33)23-10-8-20(36)14-25(23)39)31(41)30-28(18-11-21(37)13-22(38)12-18)32(43-34(24)30)17-4-6-19(35)7-5-17/h3-8,10-14,27-28,32,35-39,41H,9,15H2,1-2H3/t27-,28-,32-/m0/s1. The molecule has 0 amide bonds. The van der Waals surface area contributed by atoms with Crippen LogP contribution in [0.3, 0.4) is 0 Å². The number of phenols is 6. The second-order valence-corrected chi connectivity index (χ2v) is 11.1. The number of hydrogen-bond acceptors (Lipinski definition) is 9. The van der Waals surface area contributed by atoms with E-state index in [1.807, 2.05) is 19.9 Å². The molecular weight excluding hydrogens is 552 g/mol. The zero-order valence-corrected chi connectivity index (χ0v) is 23.4. The lowest BCUT2D eigenvalue weighted by Gasteiger charge is -2.29. The van der Waals surface area contributed by atoms with E-state index in [-0.39, 0.29) is 58.7 Å². The van der Waals surface area contributed by atoms with Crippen molar-refractivity contribution >= 4 is 5.78 Å². The fourth-order valence-electron chi connectivity index (χ4n) is 5.91. The topological polar surface area (TPSA) is 157 Å². The molecule has 2 heterocycles. The van der Waals surface area contributed by atoms with E-state index in [1.165, 1.54) is 48.5 Å². The van der Waals surface area contributed by atoms with Gasteiger partial charge < -0.3 is 40.1 Å². The second-order valence-electron chi connectivity index (χ2n) is 11.1. The second kappa shape index (κ2) is 10.5. The van der Waals surface area contributed by atoms with Crippen LogP contribution >= 0.6 is 0 Å². The molecule has 6 N–H and O–H groups in total. The number of phenolic OH excluding ortho intramolecular Hbond substituents is 6. The van der Waals surface area contributed by atoms with E-state index in [9.17, 15) is 35.4 Å². The van der Waals surface area contributed by atoms with E-state index in [0.29, 0.717) is 33.6 Å². The highest BCUT2D eigenvalue weighted by Crippen LogP contribution is 2.60. The number of carbonyl (C=O) groups excluding carboxylic acids is 1. The Morgan fingerprint density at radius 2 is 1.47 bits per heavy atom. The van der Waals surface area contributed by atoms with Gasteiger partial charge in [0.15, 0.2) is 5.78 Å². The molecule has 0 fully saturated rings. The monoisotopic (exact) mass is 582 g/mol. The van der Waals surface area contributed by atoms with Crippen molar-refractivity contribution in [2.45, 2.75) is 44.8 Å². The van der Waals surface area contributed by atoms with Crippen molar-refractivity contribution in [2.75, 3.05) is 0 Å². The van der Waals surface area contributed by atoms with Crippen LogP contribution in [0.15, 0.2) is 72.3 Å². The van der Waals surface area contributed by atoms with Crippen molar-refractivity contribution in [2.24, 2.45) is 0 Å². The van der Waals surface area contributed by atoms with E-state index >= 15 is 0 Å². The van der Waals surface area contributed by atoms with Crippen LogP contribution in [0.2, 0.25) is 0 Å². The summed E-state index contributed by atoms with van der Waals surface area (Å²) < 4.78 is 13.0. The molecule has 9 nitrogen and oxygen atoms in total. The van der Waals surface area contributed by atoms with E-state index in [0.717, 1.165) is 5.57 Å². The zero-order valence-electron chi connectivity index (χ0n) is 23.4. The third-order valence-corrected chi connectivity index (χ3v) is 7.86. The van der Waals surface area contributed by atoms with Crippen LogP contribution in [-0.4, -0.2) is 36.4 Å². The number of Topliss-reactive ketones (excluding diaryl/α,β-unsaturated/α-hetero) is 1. The lowest BCUT2D eigenvalue weighted by Crippen LogP contribution is -2.22. The van der Waals surface area contributed by atoms with Gasteiger partial charge in [-0.3, -0.25) is 4.79 Å². The van der Waals surface area contributed by atoms with Crippen LogP contribution < -0.4 is 9.47 Å². The zero-order chi connectivity index (χ0) is 30.6. The van der Waals surface area contributed by atoms with Crippen LogP contribution in [0, 0.1) is 0 Å². The summed E-state index contributed by atoms with van der Waals surface area (Å²) in [6.07, 6.45) is 0.379. The molecule has 0 spiro atoms. The van der Waals surface area contributed by atoms with Crippen molar-refractivity contribution in [1.82, 2.24) is 0 Å². The molecule has 0 aromatic heterocycles. The van der Waals surface area contributed by atoms with Crippen molar-refractivity contribution in [1.29, 1.82) is 0 Å². The van der Waals surface area contributed by atoms with Crippen molar-refractivity contribution in [3.63, 3.8) is 0 Å². The summed E-state index contributed by atoms with van der Waals surface area (Å²) in [6, 6.07) is 14.5. The fraction of sp³-hybridized carbons (Fsp3) is 0.206. The first-order valence-electron chi connectivity index (χ1n) is 13.8. The Bertz CT molecular complexity index is 1770. The van der Waals surface area contributed by atoms with Crippen LogP contribution in [0.1, 0.15) is 76.6 Å². The lowest BCUT2D eigenvalue weighted by atomic mass is 9.81. The smallest absolute Gasteiger partial charge is 0.174 e. The van der Waals surface area contributed by atoms with Crippen molar-refractivity contribution < 1.29 is 44.9 Å². The first kappa shape index (κ1) is 27.8. The molecule has 0 bridgehead atoms. The van der Waals surface area contributed by atoms with Gasteiger partial charge in [0, 0.05) is 28.8 Å². The maximum absolute atomic E-state index is 13.8. The first-order valence-corrected chi connectivity index (χ1v) is 13.8. The predicted molar refractivity (Wildman–Crippen MR) is 156 cm³/mol. The first-order chi connectivity index (χ1) is 20.5. The summed E-state index contributed by atoms with van der Waals surface area (Å²) in [5.74, 6) is -1.78. The minimum atomic E-state index is -0.892. The molecule has 2 aliphatic rings. The molecule has 220 valence electrons. The van der Waals surface area contributed by atoms with Gasteiger partial charge in [0.05, 0.1) is 12.3 Å². The Labute approximate surface area is 247 Å². The van der Waals surface area contributed by atoms with Gasteiger partial charge in [-0.2, -0.15) is 0 Å². The Hall–Kier alpha value is -5.31. The average Bonchev–Trinajstić information content (AvgIpc) is 3.33. The summed E-state index contributed by atoms with van der Waals surface area (Å²) in [6.45, 7) is 3.85. The Balaban J connectivity index is 1.59. The molecule has 4 aromatic rings. The average molecular weight is 583 g/mol. The highest BCUT2D eigenvalue weighted by molar-refractivity contribution is 6.04. The summed E-state index contributed by atoms with van der Waals surface area (Å²) in [7, 11) is 0. The number of fused-ring (bicyclic) bond motifs is 2. The minimum absolute atomic E-state index is 0.0187. The predicted octanol–water partition coefficient (Wildman–Crippen LogP) is 6.40. The molecule has 0 aliphatic carbocycles. The summed E-state index contributed by atoms with van der Waals surface area (Å²) in [5.41, 5.74) is 3.18. The van der Waals surface area contributed by atoms with Crippen LogP contribution in [0.5, 0.6) is 46.0 Å². The quantitative estimate of drug-likeness (QED) is 0.147. The number of ketones is 1. The summed E-state index contributed by atoms with van der Waals surface area (Å²) in [4.78, 5) is 13.8. The van der Waals surface area contributed by atoms with Gasteiger partial charge >= 0.3 is 0 Å². The van der Waals surface area contributed by atoms with Crippen LogP contribution in [0.4, 0.5) is 0 Å². The number of ether oxygens (including phenoxy) is 2. The van der Waals surface area contributed by atoms with Gasteiger partial charge in [0.2, 0.25) is 0 Å². The van der Waals surface area contributed by atoms with E-state index in [4.69, 9.17) is 9.47 Å². The number of allylic oxidation sites excluding steroid dienone is 2. The number of aromatic hydroxyl groups is 6. The summed E-state index contributed by atoms with van der Waals surface area (Å²) >= 11 is 0. The molecule has 9 heteroatoms. The molecule has 4 aromatic carbocycles. The Kier molecular flexibility index (Phi) is 6.80. The fourth-order valence-corrected chi connectivity index (χ4v) is 5.91. The van der Waals surface area contributed by atoms with Gasteiger partial charge in [-0.25, -0.2) is 0 Å². The van der Waals surface area contributed by atoms with Gasteiger partial charge in [-0.1, -0.05) is 23.8 Å². The molecule has 0 unspecified atom stereocenters. The third kappa shape index (κ3) is 4.92. The normalized spacial score (nSPS) is 18.7. The number of carbonyl (C=O) groups is 1. The highest BCUT2D eigenvalue weighted by Gasteiger charge is 2.46. The molecule has 0 radical (unpaired) electrons. The largest absolute Gasteiger partial charge is 0.508 e. The van der Waals surface area contributed by atoms with E-state index in [1.54, 1.807) is 12.1 Å². The third-order valence-electron chi connectivity index (χ3n) is 7.86. The highest BCUT2D eigenvalue weighted by atomic mass is 16.5.